The minimum absolute atomic E-state index is 0.154. The Morgan fingerprint density at radius 1 is 1.52 bits per heavy atom. The standard InChI is InChI=1S/C14H20N2O3S2/c1-9-5-6-16(12(9)8-17)21(18,19)13-4-3-11(14(15)20)7-10(13)2/h3-4,7,9,12,17H,5-6,8H2,1-2H3,(H2,15,20). The van der Waals surface area contributed by atoms with Crippen LogP contribution in [-0.4, -0.2) is 42.0 Å². The van der Waals surface area contributed by atoms with Gasteiger partial charge in [-0.05, 0) is 37.0 Å². The predicted molar refractivity (Wildman–Crippen MR) is 85.6 cm³/mol. The van der Waals surface area contributed by atoms with Crippen molar-refractivity contribution in [2.45, 2.75) is 31.2 Å². The molecule has 0 spiro atoms. The second-order valence-electron chi connectivity index (χ2n) is 5.48. The van der Waals surface area contributed by atoms with Gasteiger partial charge < -0.3 is 10.8 Å². The van der Waals surface area contributed by atoms with Crippen molar-refractivity contribution in [1.29, 1.82) is 0 Å². The molecule has 0 radical (unpaired) electrons. The first-order chi connectivity index (χ1) is 9.78. The summed E-state index contributed by atoms with van der Waals surface area (Å²) < 4.78 is 27.0. The van der Waals surface area contributed by atoms with E-state index in [4.69, 9.17) is 18.0 Å². The molecule has 1 heterocycles. The fraction of sp³-hybridized carbons (Fsp3) is 0.500. The molecule has 3 N–H and O–H groups in total. The van der Waals surface area contributed by atoms with E-state index in [0.29, 0.717) is 17.7 Å². The maximum Gasteiger partial charge on any atom is 0.243 e. The molecule has 1 saturated heterocycles. The molecule has 5 nitrogen and oxygen atoms in total. The molecule has 0 bridgehead atoms. The van der Waals surface area contributed by atoms with Crippen LogP contribution in [0.5, 0.6) is 0 Å². The van der Waals surface area contributed by atoms with Gasteiger partial charge in [-0.25, -0.2) is 8.42 Å². The van der Waals surface area contributed by atoms with Crippen molar-refractivity contribution in [3.8, 4) is 0 Å². The molecular weight excluding hydrogens is 308 g/mol. The molecule has 2 unspecified atom stereocenters. The van der Waals surface area contributed by atoms with Crippen molar-refractivity contribution < 1.29 is 13.5 Å². The number of aliphatic hydroxyl groups is 1. The topological polar surface area (TPSA) is 83.6 Å². The smallest absolute Gasteiger partial charge is 0.243 e. The Hall–Kier alpha value is -1.02. The molecule has 1 aromatic rings. The lowest BCUT2D eigenvalue weighted by Gasteiger charge is -2.25. The fourth-order valence-electron chi connectivity index (χ4n) is 2.76. The van der Waals surface area contributed by atoms with Crippen LogP contribution >= 0.6 is 12.2 Å². The maximum absolute atomic E-state index is 12.8. The van der Waals surface area contributed by atoms with Crippen molar-refractivity contribution in [3.05, 3.63) is 29.3 Å². The molecule has 1 aliphatic rings. The number of sulfonamides is 1. The molecule has 0 amide bonds. The summed E-state index contributed by atoms with van der Waals surface area (Å²) in [7, 11) is -3.62. The molecule has 7 heteroatoms. The number of aryl methyl sites for hydroxylation is 1. The van der Waals surface area contributed by atoms with E-state index >= 15 is 0 Å². The second kappa shape index (κ2) is 6.00. The quantitative estimate of drug-likeness (QED) is 0.806. The minimum Gasteiger partial charge on any atom is -0.395 e. The number of nitrogens with two attached hydrogens (primary N) is 1. The third-order valence-electron chi connectivity index (χ3n) is 4.06. The number of hydrogen-bond acceptors (Lipinski definition) is 4. The summed E-state index contributed by atoms with van der Waals surface area (Å²) in [6.45, 7) is 3.96. The summed E-state index contributed by atoms with van der Waals surface area (Å²) >= 11 is 4.90. The Labute approximate surface area is 130 Å². The Bertz CT molecular complexity index is 658. The molecule has 1 fully saturated rings. The zero-order chi connectivity index (χ0) is 15.8. The van der Waals surface area contributed by atoms with Gasteiger partial charge in [0.2, 0.25) is 10.0 Å². The van der Waals surface area contributed by atoms with Gasteiger partial charge in [0.1, 0.15) is 4.99 Å². The Balaban J connectivity index is 2.43. The Morgan fingerprint density at radius 2 is 2.19 bits per heavy atom. The van der Waals surface area contributed by atoms with Gasteiger partial charge >= 0.3 is 0 Å². The number of rotatable bonds is 4. The van der Waals surface area contributed by atoms with E-state index in [2.05, 4.69) is 0 Å². The highest BCUT2D eigenvalue weighted by Gasteiger charge is 2.39. The normalized spacial score (nSPS) is 23.4. The molecule has 0 aromatic heterocycles. The van der Waals surface area contributed by atoms with Crippen LogP contribution in [0.1, 0.15) is 24.5 Å². The minimum atomic E-state index is -3.62. The summed E-state index contributed by atoms with van der Waals surface area (Å²) in [6, 6.07) is 4.49. The van der Waals surface area contributed by atoms with E-state index in [1.807, 2.05) is 6.92 Å². The molecular formula is C14H20N2O3S2. The zero-order valence-corrected chi connectivity index (χ0v) is 13.7. The largest absolute Gasteiger partial charge is 0.395 e. The van der Waals surface area contributed by atoms with Crippen LogP contribution in [0.2, 0.25) is 0 Å². The Morgan fingerprint density at radius 3 is 2.71 bits per heavy atom. The fourth-order valence-corrected chi connectivity index (χ4v) is 4.82. The average molecular weight is 328 g/mol. The van der Waals surface area contributed by atoms with Gasteiger partial charge in [-0.1, -0.05) is 25.2 Å². The number of aliphatic hydroxyl groups excluding tert-OH is 1. The van der Waals surface area contributed by atoms with Crippen LogP contribution in [0.4, 0.5) is 0 Å². The van der Waals surface area contributed by atoms with Crippen LogP contribution in [0.15, 0.2) is 23.1 Å². The monoisotopic (exact) mass is 328 g/mol. The SMILES string of the molecule is Cc1cc(C(N)=S)ccc1S(=O)(=O)N1CCC(C)C1CO. The molecule has 1 aliphatic heterocycles. The number of thiocarbonyl (C=S) groups is 1. The third-order valence-corrected chi connectivity index (χ3v) is 6.39. The highest BCUT2D eigenvalue weighted by molar-refractivity contribution is 7.89. The molecule has 0 aliphatic carbocycles. The van der Waals surface area contributed by atoms with Crippen LogP contribution in [-0.2, 0) is 10.0 Å². The first-order valence-corrected chi connectivity index (χ1v) is 8.67. The van der Waals surface area contributed by atoms with E-state index in [0.717, 1.165) is 6.42 Å². The van der Waals surface area contributed by atoms with Crippen molar-refractivity contribution in [1.82, 2.24) is 4.31 Å². The van der Waals surface area contributed by atoms with E-state index in [-0.39, 0.29) is 28.5 Å². The summed E-state index contributed by atoms with van der Waals surface area (Å²) in [4.78, 5) is 0.486. The number of benzene rings is 1. The molecule has 2 rings (SSSR count). The van der Waals surface area contributed by atoms with E-state index < -0.39 is 10.0 Å². The van der Waals surface area contributed by atoms with Crippen LogP contribution in [0.25, 0.3) is 0 Å². The Kier molecular flexibility index (Phi) is 4.67. The lowest BCUT2D eigenvalue weighted by Crippen LogP contribution is -2.40. The highest BCUT2D eigenvalue weighted by atomic mass is 32.2. The van der Waals surface area contributed by atoms with Gasteiger partial charge in [0.25, 0.3) is 0 Å². The molecule has 1 aromatic carbocycles. The van der Waals surface area contributed by atoms with Crippen molar-refractivity contribution in [2.75, 3.05) is 13.2 Å². The van der Waals surface area contributed by atoms with Gasteiger partial charge in [0, 0.05) is 12.1 Å². The lowest BCUT2D eigenvalue weighted by atomic mass is 10.0. The lowest BCUT2D eigenvalue weighted by molar-refractivity contribution is 0.191. The van der Waals surface area contributed by atoms with Crippen molar-refractivity contribution in [2.24, 2.45) is 11.7 Å². The van der Waals surface area contributed by atoms with E-state index in [9.17, 15) is 13.5 Å². The third kappa shape index (κ3) is 2.96. The highest BCUT2D eigenvalue weighted by Crippen LogP contribution is 2.31. The summed E-state index contributed by atoms with van der Waals surface area (Å²) in [5.41, 5.74) is 6.82. The van der Waals surface area contributed by atoms with Crippen molar-refractivity contribution in [3.63, 3.8) is 0 Å². The van der Waals surface area contributed by atoms with E-state index in [1.54, 1.807) is 19.1 Å². The zero-order valence-electron chi connectivity index (χ0n) is 12.1. The summed E-state index contributed by atoms with van der Waals surface area (Å²) in [6.07, 6.45) is 0.758. The van der Waals surface area contributed by atoms with Crippen LogP contribution in [0, 0.1) is 12.8 Å². The summed E-state index contributed by atoms with van der Waals surface area (Å²) in [5.74, 6) is 0.154. The van der Waals surface area contributed by atoms with E-state index in [1.165, 1.54) is 10.4 Å². The molecule has 2 atom stereocenters. The second-order valence-corrected chi connectivity index (χ2v) is 7.77. The van der Waals surface area contributed by atoms with Gasteiger partial charge in [-0.15, -0.1) is 0 Å². The molecule has 21 heavy (non-hydrogen) atoms. The average Bonchev–Trinajstić information content (AvgIpc) is 2.79. The maximum atomic E-state index is 12.8. The number of hydrogen-bond donors (Lipinski definition) is 2. The van der Waals surface area contributed by atoms with Gasteiger partial charge in [-0.3, -0.25) is 0 Å². The molecule has 0 saturated carbocycles. The summed E-state index contributed by atoms with van der Waals surface area (Å²) in [5, 5.41) is 9.46. The molecule has 116 valence electrons. The van der Waals surface area contributed by atoms with Crippen molar-refractivity contribution >= 4 is 27.2 Å². The van der Waals surface area contributed by atoms with Gasteiger partial charge in [-0.2, -0.15) is 4.31 Å². The van der Waals surface area contributed by atoms with Crippen LogP contribution in [0.3, 0.4) is 0 Å². The first kappa shape index (κ1) is 16.4. The van der Waals surface area contributed by atoms with Gasteiger partial charge in [0.05, 0.1) is 17.5 Å². The van der Waals surface area contributed by atoms with Gasteiger partial charge in [0.15, 0.2) is 0 Å². The number of nitrogens with zero attached hydrogens (tertiary/aromatic N) is 1. The van der Waals surface area contributed by atoms with Crippen LogP contribution < -0.4 is 5.73 Å². The predicted octanol–water partition coefficient (Wildman–Crippen LogP) is 1.02. The first-order valence-electron chi connectivity index (χ1n) is 6.82.